The van der Waals surface area contributed by atoms with Crippen LogP contribution in [0.5, 0.6) is 0 Å². The molecule has 0 spiro atoms. The van der Waals surface area contributed by atoms with Crippen molar-refractivity contribution < 1.29 is 9.90 Å². The minimum absolute atomic E-state index is 0.0169. The van der Waals surface area contributed by atoms with Crippen LogP contribution in [0.15, 0.2) is 11.1 Å². The van der Waals surface area contributed by atoms with Gasteiger partial charge < -0.3 is 21.1 Å². The smallest absolute Gasteiger partial charge is 0.320 e. The number of anilines is 1. The number of carbonyl (C=O) groups is 1. The number of imidazole rings is 1. The van der Waals surface area contributed by atoms with Crippen LogP contribution in [0.3, 0.4) is 0 Å². The van der Waals surface area contributed by atoms with Gasteiger partial charge in [0.05, 0.1) is 6.33 Å². The highest BCUT2D eigenvalue weighted by atomic mass is 16.4. The second kappa shape index (κ2) is 4.45. The fourth-order valence-corrected chi connectivity index (χ4v) is 1.54. The molecule has 0 fully saturated rings. The number of aromatic amines is 1. The van der Waals surface area contributed by atoms with Crippen molar-refractivity contribution in [2.75, 3.05) is 5.73 Å². The Morgan fingerprint density at radius 3 is 3.00 bits per heavy atom. The third-order valence-electron chi connectivity index (χ3n) is 2.49. The predicted octanol–water partition coefficient (Wildman–Crippen LogP) is -1.50. The standard InChI is InChI=1S/C9H12N6O3/c10-4(8(17)18)1-2-15-3-12-5-6(15)13-9(11)14-7(5)16/h3-4H,1-2,10H2,(H,17,18)(H3,11,13,14,16)/t4-/m0/s1. The van der Waals surface area contributed by atoms with Crippen LogP contribution < -0.4 is 17.0 Å². The Morgan fingerprint density at radius 1 is 1.61 bits per heavy atom. The SMILES string of the molecule is Nc1nc2c(ncn2CC[C@H](N)C(=O)O)c(=O)[nH]1. The van der Waals surface area contributed by atoms with Gasteiger partial charge in [-0.1, -0.05) is 0 Å². The Labute approximate surface area is 100 Å². The summed E-state index contributed by atoms with van der Waals surface area (Å²) in [5.74, 6) is -1.10. The molecule has 0 aliphatic heterocycles. The first-order chi connectivity index (χ1) is 8.49. The zero-order valence-electron chi connectivity index (χ0n) is 9.33. The molecule has 2 aromatic heterocycles. The van der Waals surface area contributed by atoms with Crippen LogP contribution in [-0.4, -0.2) is 36.6 Å². The first-order valence-corrected chi connectivity index (χ1v) is 5.18. The molecule has 2 aromatic rings. The number of rotatable bonds is 4. The van der Waals surface area contributed by atoms with E-state index < -0.39 is 17.6 Å². The molecule has 0 saturated carbocycles. The van der Waals surface area contributed by atoms with Gasteiger partial charge in [0, 0.05) is 6.54 Å². The molecule has 0 saturated heterocycles. The summed E-state index contributed by atoms with van der Waals surface area (Å²) >= 11 is 0. The van der Waals surface area contributed by atoms with E-state index in [2.05, 4.69) is 15.0 Å². The van der Waals surface area contributed by atoms with Gasteiger partial charge in [-0.05, 0) is 6.42 Å². The number of nitrogen functional groups attached to an aromatic ring is 1. The summed E-state index contributed by atoms with van der Waals surface area (Å²) in [7, 11) is 0. The van der Waals surface area contributed by atoms with Crippen molar-refractivity contribution in [3.05, 3.63) is 16.7 Å². The van der Waals surface area contributed by atoms with Gasteiger partial charge in [0.2, 0.25) is 5.95 Å². The van der Waals surface area contributed by atoms with Gasteiger partial charge >= 0.3 is 5.97 Å². The van der Waals surface area contributed by atoms with Gasteiger partial charge in [-0.15, -0.1) is 0 Å². The van der Waals surface area contributed by atoms with Crippen molar-refractivity contribution in [2.45, 2.75) is 19.0 Å². The Hall–Kier alpha value is -2.42. The highest BCUT2D eigenvalue weighted by Gasteiger charge is 2.13. The molecule has 0 radical (unpaired) electrons. The minimum Gasteiger partial charge on any atom is -0.480 e. The summed E-state index contributed by atoms with van der Waals surface area (Å²) in [6.45, 7) is 0.292. The van der Waals surface area contributed by atoms with Crippen molar-refractivity contribution >= 4 is 23.1 Å². The second-order valence-corrected chi connectivity index (χ2v) is 3.79. The molecular formula is C9H12N6O3. The van der Waals surface area contributed by atoms with E-state index in [-0.39, 0.29) is 17.9 Å². The Morgan fingerprint density at radius 2 is 2.33 bits per heavy atom. The van der Waals surface area contributed by atoms with Crippen molar-refractivity contribution in [3.8, 4) is 0 Å². The van der Waals surface area contributed by atoms with Gasteiger partial charge in [0.1, 0.15) is 6.04 Å². The fourth-order valence-electron chi connectivity index (χ4n) is 1.54. The molecule has 0 aromatic carbocycles. The number of aliphatic carboxylic acids is 1. The zero-order chi connectivity index (χ0) is 13.3. The van der Waals surface area contributed by atoms with E-state index in [1.54, 1.807) is 4.57 Å². The van der Waals surface area contributed by atoms with E-state index in [9.17, 15) is 9.59 Å². The highest BCUT2D eigenvalue weighted by Crippen LogP contribution is 2.07. The van der Waals surface area contributed by atoms with Crippen LogP contribution >= 0.6 is 0 Å². The van der Waals surface area contributed by atoms with Crippen LogP contribution in [0.4, 0.5) is 5.95 Å². The van der Waals surface area contributed by atoms with Crippen molar-refractivity contribution in [1.29, 1.82) is 0 Å². The van der Waals surface area contributed by atoms with Crippen LogP contribution in [0.1, 0.15) is 6.42 Å². The molecule has 0 bridgehead atoms. The number of nitrogens with one attached hydrogen (secondary N) is 1. The predicted molar refractivity (Wildman–Crippen MR) is 62.8 cm³/mol. The van der Waals surface area contributed by atoms with E-state index in [1.165, 1.54) is 6.33 Å². The van der Waals surface area contributed by atoms with E-state index in [0.29, 0.717) is 12.2 Å². The van der Waals surface area contributed by atoms with Gasteiger partial charge in [-0.2, -0.15) is 4.98 Å². The lowest BCUT2D eigenvalue weighted by atomic mass is 10.2. The lowest BCUT2D eigenvalue weighted by molar-refractivity contribution is -0.138. The molecule has 2 heterocycles. The summed E-state index contributed by atoms with van der Waals surface area (Å²) in [6.07, 6.45) is 1.61. The first-order valence-electron chi connectivity index (χ1n) is 5.18. The molecular weight excluding hydrogens is 240 g/mol. The molecule has 2 rings (SSSR count). The summed E-state index contributed by atoms with van der Waals surface area (Å²) in [6, 6.07) is -0.971. The summed E-state index contributed by atoms with van der Waals surface area (Å²) in [5, 5.41) is 8.67. The average molecular weight is 252 g/mol. The van der Waals surface area contributed by atoms with Crippen LogP contribution in [0, 0.1) is 0 Å². The summed E-state index contributed by atoms with van der Waals surface area (Å²) in [4.78, 5) is 32.3. The molecule has 9 nitrogen and oxygen atoms in total. The normalized spacial score (nSPS) is 12.7. The highest BCUT2D eigenvalue weighted by molar-refractivity contribution is 5.73. The number of hydrogen-bond acceptors (Lipinski definition) is 6. The quantitative estimate of drug-likeness (QED) is 0.516. The number of H-pyrrole nitrogens is 1. The van der Waals surface area contributed by atoms with E-state index in [0.717, 1.165) is 0 Å². The van der Waals surface area contributed by atoms with Crippen molar-refractivity contribution in [1.82, 2.24) is 19.5 Å². The number of aryl methyl sites for hydroxylation is 1. The lowest BCUT2D eigenvalue weighted by Gasteiger charge is -2.07. The monoisotopic (exact) mass is 252 g/mol. The number of hydrogen-bond donors (Lipinski definition) is 4. The zero-order valence-corrected chi connectivity index (χ0v) is 9.33. The molecule has 18 heavy (non-hydrogen) atoms. The summed E-state index contributed by atoms with van der Waals surface area (Å²) in [5.41, 5.74) is 10.9. The van der Waals surface area contributed by atoms with Crippen molar-refractivity contribution in [3.63, 3.8) is 0 Å². The molecule has 0 aliphatic carbocycles. The molecule has 9 heteroatoms. The molecule has 0 unspecified atom stereocenters. The largest absolute Gasteiger partial charge is 0.480 e. The minimum atomic E-state index is -1.08. The van der Waals surface area contributed by atoms with Gasteiger partial charge in [0.15, 0.2) is 11.2 Å². The van der Waals surface area contributed by atoms with Crippen LogP contribution in [0.25, 0.3) is 11.2 Å². The number of nitrogens with zero attached hydrogens (tertiary/aromatic N) is 3. The lowest BCUT2D eigenvalue weighted by Crippen LogP contribution is -2.31. The van der Waals surface area contributed by atoms with E-state index >= 15 is 0 Å². The number of carboxylic acids is 1. The maximum atomic E-state index is 11.5. The molecule has 0 aliphatic rings. The van der Waals surface area contributed by atoms with Crippen LogP contribution in [-0.2, 0) is 11.3 Å². The topological polar surface area (TPSA) is 153 Å². The Balaban J connectivity index is 2.30. The maximum Gasteiger partial charge on any atom is 0.320 e. The number of nitrogens with two attached hydrogens (primary N) is 2. The molecule has 1 atom stereocenters. The maximum absolute atomic E-state index is 11.5. The summed E-state index contributed by atoms with van der Waals surface area (Å²) < 4.78 is 1.55. The Bertz CT molecular complexity index is 645. The third-order valence-corrected chi connectivity index (χ3v) is 2.49. The average Bonchev–Trinajstić information content (AvgIpc) is 2.69. The van der Waals surface area contributed by atoms with E-state index in [1.807, 2.05) is 0 Å². The van der Waals surface area contributed by atoms with Gasteiger partial charge in [0.25, 0.3) is 5.56 Å². The van der Waals surface area contributed by atoms with Gasteiger partial charge in [-0.25, -0.2) is 4.98 Å². The molecule has 96 valence electrons. The Kier molecular flexibility index (Phi) is 2.98. The van der Waals surface area contributed by atoms with E-state index in [4.69, 9.17) is 16.6 Å². The van der Waals surface area contributed by atoms with Crippen molar-refractivity contribution in [2.24, 2.45) is 5.73 Å². The molecule has 0 amide bonds. The van der Waals surface area contributed by atoms with Crippen LogP contribution in [0.2, 0.25) is 0 Å². The first kappa shape index (κ1) is 12.0. The third kappa shape index (κ3) is 2.15. The second-order valence-electron chi connectivity index (χ2n) is 3.79. The fraction of sp³-hybridized carbons (Fsp3) is 0.333. The number of aromatic nitrogens is 4. The number of fused-ring (bicyclic) bond motifs is 1. The number of carboxylic acid groups (broad SMARTS) is 1. The molecule has 6 N–H and O–H groups in total. The van der Waals surface area contributed by atoms with Gasteiger partial charge in [-0.3, -0.25) is 14.6 Å².